The molecule has 0 saturated carbocycles. The average molecular weight is 956 g/mol. The van der Waals surface area contributed by atoms with Gasteiger partial charge in [-0.25, -0.2) is 0 Å². The predicted octanol–water partition coefficient (Wildman–Crippen LogP) is 8.57. The van der Waals surface area contributed by atoms with Crippen molar-refractivity contribution in [2.24, 2.45) is 0 Å². The number of carbonyl (C=O) groups excluding carboxylic acids is 7. The van der Waals surface area contributed by atoms with E-state index in [2.05, 4.69) is 26.3 Å². The fraction of sp³-hybridized carbons (Fsp3) is 0.273. The number of hydrogen-bond donors (Lipinski definition) is 4. The second-order valence-electron chi connectivity index (χ2n) is 17.7. The lowest BCUT2D eigenvalue weighted by atomic mass is 10.0. The number of amides is 7. The zero-order chi connectivity index (χ0) is 49.3. The molecule has 4 aromatic carbocycles. The largest absolute Gasteiger partial charge is 0.459 e. The summed E-state index contributed by atoms with van der Waals surface area (Å²) in [5, 5.41) is 13.3. The third-order valence-corrected chi connectivity index (χ3v) is 13.0. The number of unbranched alkanes of at least 4 members (excludes halogenated alkanes) is 7. The molecule has 3 atom stereocenters. The number of rotatable bonds is 21. The number of nitrogens with zero attached hydrogens (tertiary/aromatic N) is 3. The normalized spacial score (nSPS) is 15.3. The van der Waals surface area contributed by atoms with E-state index < -0.39 is 59.5 Å². The van der Waals surface area contributed by atoms with Gasteiger partial charge in [0.05, 0.1) is 17.4 Å². The van der Waals surface area contributed by atoms with Gasteiger partial charge in [0, 0.05) is 65.7 Å². The molecular weight excluding hydrogens is 903 g/mol. The van der Waals surface area contributed by atoms with Crippen molar-refractivity contribution in [2.45, 2.75) is 82.3 Å². The van der Waals surface area contributed by atoms with Crippen LogP contribution in [-0.2, 0) is 19.2 Å². The Balaban J connectivity index is 0.774. The van der Waals surface area contributed by atoms with Crippen molar-refractivity contribution in [3.05, 3.63) is 162 Å². The van der Waals surface area contributed by atoms with E-state index in [1.54, 1.807) is 79.0 Å². The number of nitrogens with one attached hydrogen (secondary N) is 4. The van der Waals surface area contributed by atoms with Crippen molar-refractivity contribution in [1.29, 1.82) is 0 Å². The van der Waals surface area contributed by atoms with Gasteiger partial charge < -0.3 is 24.8 Å². The minimum atomic E-state index is -1.29. The third kappa shape index (κ3) is 10.5. The Morgan fingerprint density at radius 2 is 1.45 bits per heavy atom. The summed E-state index contributed by atoms with van der Waals surface area (Å²) in [5.41, 5.74) is 3.59. The molecule has 71 heavy (non-hydrogen) atoms. The molecule has 0 radical (unpaired) electrons. The number of benzene rings is 4. The Kier molecular flexibility index (Phi) is 14.7. The monoisotopic (exact) mass is 955 g/mol. The van der Waals surface area contributed by atoms with Crippen molar-refractivity contribution in [1.82, 2.24) is 25.8 Å². The van der Waals surface area contributed by atoms with E-state index in [1.165, 1.54) is 23.4 Å². The molecule has 16 heteroatoms. The Labute approximate surface area is 409 Å². The van der Waals surface area contributed by atoms with Crippen LogP contribution in [0.3, 0.4) is 0 Å². The molecule has 7 aromatic rings. The summed E-state index contributed by atoms with van der Waals surface area (Å²) in [6.45, 7) is 1.00. The molecule has 3 unspecified atom stereocenters. The van der Waals surface area contributed by atoms with E-state index in [0.29, 0.717) is 46.8 Å². The molecule has 362 valence electrons. The van der Waals surface area contributed by atoms with Crippen LogP contribution in [0.4, 0.5) is 11.4 Å². The van der Waals surface area contributed by atoms with Crippen LogP contribution in [0.5, 0.6) is 0 Å². The van der Waals surface area contributed by atoms with Crippen LogP contribution in [0.1, 0.15) is 119 Å². The summed E-state index contributed by atoms with van der Waals surface area (Å²) in [6.07, 6.45) is 12.2. The van der Waals surface area contributed by atoms with Crippen molar-refractivity contribution < 1.29 is 42.4 Å². The van der Waals surface area contributed by atoms with Crippen LogP contribution in [0.15, 0.2) is 143 Å². The number of hydrogen-bond acceptors (Lipinski definition) is 11. The van der Waals surface area contributed by atoms with Crippen LogP contribution in [-0.4, -0.2) is 70.4 Å². The first-order chi connectivity index (χ1) is 34.7. The van der Waals surface area contributed by atoms with Crippen molar-refractivity contribution in [3.63, 3.8) is 0 Å². The van der Waals surface area contributed by atoms with Gasteiger partial charge in [-0.15, -0.1) is 0 Å². The summed E-state index contributed by atoms with van der Waals surface area (Å²) in [4.78, 5) is 101. The average Bonchev–Trinajstić information content (AvgIpc) is 4.12. The Hall–Kier alpha value is -8.40. The molecule has 7 amide bonds. The maximum absolute atomic E-state index is 14.9. The zero-order valence-corrected chi connectivity index (χ0v) is 38.9. The Morgan fingerprint density at radius 3 is 2.20 bits per heavy atom. The van der Waals surface area contributed by atoms with Crippen molar-refractivity contribution in [3.8, 4) is 0 Å². The lowest BCUT2D eigenvalue weighted by molar-refractivity contribution is -0.136. The maximum atomic E-state index is 14.9. The molecule has 2 aliphatic heterocycles. The topological polar surface area (TPSA) is 213 Å². The number of carbonyl (C=O) groups is 7. The minimum Gasteiger partial charge on any atom is -0.459 e. The number of aromatic nitrogens is 1. The van der Waals surface area contributed by atoms with Crippen LogP contribution >= 0.6 is 0 Å². The van der Waals surface area contributed by atoms with Gasteiger partial charge in [0.25, 0.3) is 17.7 Å². The van der Waals surface area contributed by atoms with Gasteiger partial charge >= 0.3 is 0 Å². The van der Waals surface area contributed by atoms with Crippen molar-refractivity contribution in [2.75, 3.05) is 23.3 Å². The second kappa shape index (κ2) is 21.9. The van der Waals surface area contributed by atoms with Crippen LogP contribution in [0, 0.1) is 0 Å². The molecule has 5 heterocycles. The fourth-order valence-electron chi connectivity index (χ4n) is 9.40. The summed E-state index contributed by atoms with van der Waals surface area (Å²) >= 11 is 0. The van der Waals surface area contributed by atoms with E-state index in [0.717, 1.165) is 67.0 Å². The molecule has 9 rings (SSSR count). The summed E-state index contributed by atoms with van der Waals surface area (Å²) in [5.74, 6) is -3.70. The fourth-order valence-corrected chi connectivity index (χ4v) is 9.40. The first-order valence-electron chi connectivity index (χ1n) is 24.1. The van der Waals surface area contributed by atoms with Gasteiger partial charge in [-0.1, -0.05) is 99.2 Å². The van der Waals surface area contributed by atoms with Gasteiger partial charge in [-0.2, -0.15) is 0 Å². The van der Waals surface area contributed by atoms with Gasteiger partial charge in [0.15, 0.2) is 5.76 Å². The Morgan fingerprint density at radius 1 is 0.718 bits per heavy atom. The molecule has 0 spiro atoms. The maximum Gasteiger partial charge on any atom is 0.294 e. The van der Waals surface area contributed by atoms with E-state index >= 15 is 0 Å². The molecule has 0 bridgehead atoms. The molecule has 4 N–H and O–H groups in total. The van der Waals surface area contributed by atoms with Crippen LogP contribution in [0.25, 0.3) is 21.9 Å². The number of pyridine rings is 1. The van der Waals surface area contributed by atoms with Gasteiger partial charge in [0.1, 0.15) is 29.3 Å². The summed E-state index contributed by atoms with van der Waals surface area (Å²) in [6, 6.07) is 30.1. The number of furan rings is 2. The predicted molar refractivity (Wildman–Crippen MR) is 265 cm³/mol. The number of anilines is 2. The number of piperidine rings is 1. The standard InChI is InChI=1S/C55H53N7O9/c63-46-28-27-42(50(64)59-46)62-53(67)40-21-14-22-41(47(40)55(62)69)57-30-12-5-3-1-2-4-6-13-31-58-51(65)48(35-17-8-7-9-18-35)60-52(66)49(36-19-15-29-56-34-36)61(54(68)44-24-16-32-70-44)37-25-26-39-38-20-10-11-23-43(38)71-45(39)33-37/h7-11,14-26,29,32-34,42,48-49,57H,1-6,12-13,27-28,30-31H2,(H,58,65)(H,60,66)(H,59,63,64). The van der Waals surface area contributed by atoms with Crippen LogP contribution in [0.2, 0.25) is 0 Å². The highest BCUT2D eigenvalue weighted by atomic mass is 16.3. The smallest absolute Gasteiger partial charge is 0.294 e. The lowest BCUT2D eigenvalue weighted by Crippen LogP contribution is -2.54. The summed E-state index contributed by atoms with van der Waals surface area (Å²) in [7, 11) is 0. The molecule has 2 aliphatic rings. The third-order valence-electron chi connectivity index (χ3n) is 13.0. The molecular formula is C55H53N7O9. The number of imide groups is 2. The number of fused-ring (bicyclic) bond motifs is 4. The van der Waals surface area contributed by atoms with E-state index in [1.807, 2.05) is 36.4 Å². The first-order valence-corrected chi connectivity index (χ1v) is 24.1. The van der Waals surface area contributed by atoms with E-state index in [9.17, 15) is 33.6 Å². The first kappa shape index (κ1) is 47.7. The molecule has 1 saturated heterocycles. The highest BCUT2D eigenvalue weighted by Gasteiger charge is 2.45. The van der Waals surface area contributed by atoms with Crippen molar-refractivity contribution >= 4 is 74.7 Å². The SMILES string of the molecule is O=C1CCC(N2C(=O)c3cccc(NCCCCCCCCCCNC(=O)C(NC(=O)C(c4cccnc4)N(C(=O)c4ccco4)c4ccc5c(c4)oc4ccccc45)c4ccccc4)c3C2=O)C(=O)N1. The molecule has 1 fully saturated rings. The molecule has 16 nitrogen and oxygen atoms in total. The lowest BCUT2D eigenvalue weighted by Gasteiger charge is -2.32. The zero-order valence-electron chi connectivity index (χ0n) is 38.9. The van der Waals surface area contributed by atoms with Gasteiger partial charge in [0.2, 0.25) is 23.6 Å². The van der Waals surface area contributed by atoms with E-state index in [4.69, 9.17) is 8.83 Å². The van der Waals surface area contributed by atoms with Crippen LogP contribution < -0.4 is 26.2 Å². The van der Waals surface area contributed by atoms with Gasteiger partial charge in [-0.05, 0) is 73.4 Å². The van der Waals surface area contributed by atoms with Gasteiger partial charge in [-0.3, -0.25) is 53.7 Å². The highest BCUT2D eigenvalue weighted by Crippen LogP contribution is 2.37. The second-order valence-corrected chi connectivity index (χ2v) is 17.7. The quantitative estimate of drug-likeness (QED) is 0.0396. The molecule has 0 aliphatic carbocycles. The number of para-hydroxylation sites is 1. The van der Waals surface area contributed by atoms with E-state index in [-0.39, 0.29) is 29.7 Å². The Bertz CT molecular complexity index is 3080. The molecule has 3 aromatic heterocycles. The highest BCUT2D eigenvalue weighted by molar-refractivity contribution is 6.25. The summed E-state index contributed by atoms with van der Waals surface area (Å²) < 4.78 is 11.8. The minimum absolute atomic E-state index is 0.0107.